The fourth-order valence-corrected chi connectivity index (χ4v) is 2.13. The maximum atomic E-state index is 5.42. The highest BCUT2D eigenvalue weighted by molar-refractivity contribution is 5.29. The first-order chi connectivity index (χ1) is 7.29. The van der Waals surface area contributed by atoms with Gasteiger partial charge in [0.15, 0.2) is 0 Å². The van der Waals surface area contributed by atoms with Crippen LogP contribution in [0.25, 0.3) is 0 Å². The average Bonchev–Trinajstić information content (AvgIpc) is 2.67. The van der Waals surface area contributed by atoms with Gasteiger partial charge in [-0.3, -0.25) is 0 Å². The second-order valence-electron chi connectivity index (χ2n) is 4.30. The molecule has 2 nitrogen and oxygen atoms in total. The molecular weight excluding hydrogens is 186 g/mol. The van der Waals surface area contributed by atoms with Crippen molar-refractivity contribution < 1.29 is 4.74 Å². The molecule has 2 atom stereocenters. The third-order valence-electron chi connectivity index (χ3n) is 2.94. The Morgan fingerprint density at radius 1 is 1.33 bits per heavy atom. The van der Waals surface area contributed by atoms with Crippen molar-refractivity contribution in [2.24, 2.45) is 5.92 Å². The summed E-state index contributed by atoms with van der Waals surface area (Å²) in [7, 11) is 0. The second-order valence-corrected chi connectivity index (χ2v) is 4.30. The van der Waals surface area contributed by atoms with Crippen molar-refractivity contribution in [1.29, 1.82) is 0 Å². The lowest BCUT2D eigenvalue weighted by atomic mass is 10.0. The fraction of sp³-hybridized carbons (Fsp3) is 0.538. The number of ether oxygens (including phenoxy) is 1. The van der Waals surface area contributed by atoms with Gasteiger partial charge in [0.1, 0.15) is 5.75 Å². The van der Waals surface area contributed by atoms with E-state index in [1.54, 1.807) is 0 Å². The summed E-state index contributed by atoms with van der Waals surface area (Å²) in [5.41, 5.74) is 1.38. The third kappa shape index (κ3) is 2.51. The molecule has 1 aliphatic rings. The Labute approximate surface area is 91.6 Å². The van der Waals surface area contributed by atoms with Crippen LogP contribution < -0.4 is 10.1 Å². The zero-order valence-electron chi connectivity index (χ0n) is 9.49. The number of benzene rings is 1. The molecule has 1 aliphatic heterocycles. The number of hydrogen-bond acceptors (Lipinski definition) is 2. The summed E-state index contributed by atoms with van der Waals surface area (Å²) in [6, 6.07) is 8.99. The van der Waals surface area contributed by atoms with Crippen molar-refractivity contribution in [2.75, 3.05) is 13.2 Å². The van der Waals surface area contributed by atoms with Gasteiger partial charge in [-0.1, -0.05) is 19.1 Å². The molecule has 0 amide bonds. The molecule has 0 unspecified atom stereocenters. The van der Waals surface area contributed by atoms with E-state index in [0.29, 0.717) is 6.04 Å². The van der Waals surface area contributed by atoms with Crippen molar-refractivity contribution in [2.45, 2.75) is 26.3 Å². The zero-order chi connectivity index (χ0) is 10.7. The van der Waals surface area contributed by atoms with E-state index in [0.717, 1.165) is 24.8 Å². The van der Waals surface area contributed by atoms with E-state index in [9.17, 15) is 0 Å². The maximum Gasteiger partial charge on any atom is 0.119 e. The van der Waals surface area contributed by atoms with Gasteiger partial charge < -0.3 is 10.1 Å². The molecule has 0 aliphatic carbocycles. The quantitative estimate of drug-likeness (QED) is 0.819. The molecular formula is C13H19NO. The van der Waals surface area contributed by atoms with Gasteiger partial charge in [0, 0.05) is 6.04 Å². The van der Waals surface area contributed by atoms with Gasteiger partial charge in [-0.15, -0.1) is 0 Å². The van der Waals surface area contributed by atoms with Crippen LogP contribution in [0.2, 0.25) is 0 Å². The monoisotopic (exact) mass is 205 g/mol. The van der Waals surface area contributed by atoms with Crippen LogP contribution in [0, 0.1) is 5.92 Å². The summed E-state index contributed by atoms with van der Waals surface area (Å²) in [6.07, 6.45) is 1.24. The minimum Gasteiger partial charge on any atom is -0.494 e. The van der Waals surface area contributed by atoms with E-state index in [1.807, 2.05) is 6.92 Å². The van der Waals surface area contributed by atoms with E-state index >= 15 is 0 Å². The molecule has 0 radical (unpaired) electrons. The van der Waals surface area contributed by atoms with Crippen LogP contribution >= 0.6 is 0 Å². The van der Waals surface area contributed by atoms with Crippen molar-refractivity contribution >= 4 is 0 Å². The molecule has 0 saturated carbocycles. The van der Waals surface area contributed by atoms with Gasteiger partial charge in [0.2, 0.25) is 0 Å². The van der Waals surface area contributed by atoms with E-state index in [2.05, 4.69) is 36.5 Å². The molecule has 0 spiro atoms. The minimum absolute atomic E-state index is 0.538. The van der Waals surface area contributed by atoms with Crippen LogP contribution in [0.5, 0.6) is 5.75 Å². The molecule has 1 aromatic rings. The molecule has 1 aromatic carbocycles. The normalized spacial score (nSPS) is 25.5. The maximum absolute atomic E-state index is 5.42. The van der Waals surface area contributed by atoms with E-state index in [-0.39, 0.29) is 0 Å². The van der Waals surface area contributed by atoms with Crippen molar-refractivity contribution in [3.63, 3.8) is 0 Å². The molecule has 0 bridgehead atoms. The van der Waals surface area contributed by atoms with Gasteiger partial charge in [0.25, 0.3) is 0 Å². The smallest absolute Gasteiger partial charge is 0.119 e. The van der Waals surface area contributed by atoms with Crippen molar-refractivity contribution in [3.8, 4) is 5.75 Å². The first-order valence-corrected chi connectivity index (χ1v) is 5.75. The van der Waals surface area contributed by atoms with Gasteiger partial charge in [-0.2, -0.15) is 0 Å². The van der Waals surface area contributed by atoms with Gasteiger partial charge in [-0.25, -0.2) is 0 Å². The highest BCUT2D eigenvalue weighted by Crippen LogP contribution is 2.27. The van der Waals surface area contributed by atoms with E-state index in [1.165, 1.54) is 12.0 Å². The van der Waals surface area contributed by atoms with Crippen LogP contribution in [0.3, 0.4) is 0 Å². The number of hydrogen-bond donors (Lipinski definition) is 1. The summed E-state index contributed by atoms with van der Waals surface area (Å²) >= 11 is 0. The van der Waals surface area contributed by atoms with Crippen molar-refractivity contribution in [1.82, 2.24) is 5.32 Å². The Kier molecular flexibility index (Phi) is 3.27. The predicted molar refractivity (Wildman–Crippen MR) is 62.1 cm³/mol. The SMILES string of the molecule is CCOc1ccc([C@@H]2C[C@H](C)CN2)cc1. The molecule has 15 heavy (non-hydrogen) atoms. The third-order valence-corrected chi connectivity index (χ3v) is 2.94. The molecule has 82 valence electrons. The Morgan fingerprint density at radius 3 is 2.60 bits per heavy atom. The Hall–Kier alpha value is -1.02. The largest absolute Gasteiger partial charge is 0.494 e. The molecule has 0 aromatic heterocycles. The van der Waals surface area contributed by atoms with E-state index in [4.69, 9.17) is 4.74 Å². The standard InChI is InChI=1S/C13H19NO/c1-3-15-12-6-4-11(5-7-12)13-8-10(2)9-14-13/h4-7,10,13-14H,3,8-9H2,1-2H3/t10-,13-/m0/s1. The molecule has 2 heteroatoms. The molecule has 1 saturated heterocycles. The van der Waals surface area contributed by atoms with Gasteiger partial charge in [-0.05, 0) is 43.5 Å². The Bertz CT molecular complexity index is 307. The number of rotatable bonds is 3. The molecule has 2 rings (SSSR count). The van der Waals surface area contributed by atoms with Crippen LogP contribution in [-0.2, 0) is 0 Å². The Morgan fingerprint density at radius 2 is 2.07 bits per heavy atom. The summed E-state index contributed by atoms with van der Waals surface area (Å²) in [5, 5.41) is 3.53. The topological polar surface area (TPSA) is 21.3 Å². The van der Waals surface area contributed by atoms with Gasteiger partial charge in [0.05, 0.1) is 6.61 Å². The molecule has 1 heterocycles. The lowest BCUT2D eigenvalue weighted by Crippen LogP contribution is -2.13. The first-order valence-electron chi connectivity index (χ1n) is 5.75. The predicted octanol–water partition coefficient (Wildman–Crippen LogP) is 2.76. The van der Waals surface area contributed by atoms with Gasteiger partial charge >= 0.3 is 0 Å². The van der Waals surface area contributed by atoms with Crippen LogP contribution in [0.1, 0.15) is 31.9 Å². The van der Waals surface area contributed by atoms with E-state index < -0.39 is 0 Å². The first kappa shape index (κ1) is 10.5. The lowest BCUT2D eigenvalue weighted by Gasteiger charge is -2.11. The fourth-order valence-electron chi connectivity index (χ4n) is 2.13. The minimum atomic E-state index is 0.538. The second kappa shape index (κ2) is 4.67. The summed E-state index contributed by atoms with van der Waals surface area (Å²) in [4.78, 5) is 0. The average molecular weight is 205 g/mol. The summed E-state index contributed by atoms with van der Waals surface area (Å²) < 4.78 is 5.42. The van der Waals surface area contributed by atoms with Crippen LogP contribution in [0.4, 0.5) is 0 Å². The molecule has 1 fully saturated rings. The summed E-state index contributed by atoms with van der Waals surface area (Å²) in [6.45, 7) is 6.17. The highest BCUT2D eigenvalue weighted by atomic mass is 16.5. The summed E-state index contributed by atoms with van der Waals surface area (Å²) in [5.74, 6) is 1.76. The molecule has 1 N–H and O–H groups in total. The zero-order valence-corrected chi connectivity index (χ0v) is 9.49. The van der Waals surface area contributed by atoms with Crippen LogP contribution in [0.15, 0.2) is 24.3 Å². The Balaban J connectivity index is 2.03. The highest BCUT2D eigenvalue weighted by Gasteiger charge is 2.21. The number of nitrogens with one attached hydrogen (secondary N) is 1. The lowest BCUT2D eigenvalue weighted by molar-refractivity contribution is 0.340. The van der Waals surface area contributed by atoms with Crippen molar-refractivity contribution in [3.05, 3.63) is 29.8 Å². The van der Waals surface area contributed by atoms with Crippen LogP contribution in [-0.4, -0.2) is 13.2 Å².